The fourth-order valence-corrected chi connectivity index (χ4v) is 0.658. The van der Waals surface area contributed by atoms with Crippen molar-refractivity contribution in [1.82, 2.24) is 5.32 Å². The Kier molecular flexibility index (Phi) is 7.10. The minimum Gasteiger partial charge on any atom is -0.382 e. The average Bonchev–Trinajstić information content (AvgIpc) is 2.22. The van der Waals surface area contributed by atoms with Gasteiger partial charge >= 0.3 is 0 Å². The lowest BCUT2D eigenvalue weighted by Gasteiger charge is -2.14. The largest absolute Gasteiger partial charge is 0.382 e. The van der Waals surface area contributed by atoms with Crippen LogP contribution in [0.3, 0.4) is 0 Å². The fourth-order valence-electron chi connectivity index (χ4n) is 0.658. The Balaban J connectivity index is 3.49. The Bertz CT molecular complexity index is 191. The van der Waals surface area contributed by atoms with Crippen LogP contribution in [0.25, 0.3) is 0 Å². The van der Waals surface area contributed by atoms with Crippen molar-refractivity contribution in [2.24, 2.45) is 5.73 Å². The summed E-state index contributed by atoms with van der Waals surface area (Å²) in [6, 6.07) is 0. The van der Waals surface area contributed by atoms with Gasteiger partial charge in [-0.2, -0.15) is 0 Å². The van der Waals surface area contributed by atoms with E-state index in [9.17, 15) is 13.6 Å². The molecular formula is C8H16F2N2O3. The predicted molar refractivity (Wildman–Crippen MR) is 49.7 cm³/mol. The quantitative estimate of drug-likeness (QED) is 0.540. The fraction of sp³-hybridized carbons (Fsp3) is 0.875. The number of halogens is 2. The highest BCUT2D eigenvalue weighted by Gasteiger charge is 2.26. The summed E-state index contributed by atoms with van der Waals surface area (Å²) < 4.78 is 34.6. The van der Waals surface area contributed by atoms with Crippen molar-refractivity contribution in [3.63, 3.8) is 0 Å². The summed E-state index contributed by atoms with van der Waals surface area (Å²) in [6.45, 7) is -1.22. The first kappa shape index (κ1) is 14.2. The number of nitrogens with one attached hydrogen (secondary N) is 1. The number of rotatable bonds is 8. The normalized spacial score (nSPS) is 11.5. The zero-order chi connectivity index (χ0) is 11.7. The van der Waals surface area contributed by atoms with Gasteiger partial charge in [-0.25, -0.2) is 8.78 Å². The van der Waals surface area contributed by atoms with Crippen molar-refractivity contribution in [3.05, 3.63) is 0 Å². The maximum absolute atomic E-state index is 12.6. The standard InChI is InChI=1S/C8H16F2N2O3/c1-14-2-3-15-4-7(13)12-6-8(9,10)5-11/h2-6,11H2,1H3,(H,12,13). The van der Waals surface area contributed by atoms with Crippen LogP contribution in [0.4, 0.5) is 8.78 Å². The highest BCUT2D eigenvalue weighted by molar-refractivity contribution is 5.77. The van der Waals surface area contributed by atoms with Crippen molar-refractivity contribution in [2.75, 3.05) is 40.0 Å². The van der Waals surface area contributed by atoms with Gasteiger partial charge in [0.1, 0.15) is 6.61 Å². The van der Waals surface area contributed by atoms with Gasteiger partial charge in [-0.1, -0.05) is 0 Å². The Morgan fingerprint density at radius 2 is 2.13 bits per heavy atom. The van der Waals surface area contributed by atoms with Crippen LogP contribution in [-0.4, -0.2) is 51.8 Å². The number of carbonyl (C=O) groups is 1. The van der Waals surface area contributed by atoms with Gasteiger partial charge in [0.25, 0.3) is 5.92 Å². The highest BCUT2D eigenvalue weighted by Crippen LogP contribution is 2.08. The number of ether oxygens (including phenoxy) is 2. The van der Waals surface area contributed by atoms with Gasteiger partial charge < -0.3 is 20.5 Å². The van der Waals surface area contributed by atoms with E-state index in [0.29, 0.717) is 6.61 Å². The van der Waals surface area contributed by atoms with Crippen molar-refractivity contribution in [3.8, 4) is 0 Å². The second-order valence-electron chi connectivity index (χ2n) is 2.88. The smallest absolute Gasteiger partial charge is 0.277 e. The molecule has 0 radical (unpaired) electrons. The topological polar surface area (TPSA) is 73.6 Å². The molecule has 5 nitrogen and oxygen atoms in total. The summed E-state index contributed by atoms with van der Waals surface area (Å²) >= 11 is 0. The summed E-state index contributed by atoms with van der Waals surface area (Å²) in [5.41, 5.74) is 4.78. The summed E-state index contributed by atoms with van der Waals surface area (Å²) in [6.07, 6.45) is 0. The predicted octanol–water partition coefficient (Wildman–Crippen LogP) is -0.640. The summed E-state index contributed by atoms with van der Waals surface area (Å²) in [5.74, 6) is -3.67. The molecular weight excluding hydrogens is 210 g/mol. The molecule has 3 N–H and O–H groups in total. The zero-order valence-corrected chi connectivity index (χ0v) is 8.59. The third kappa shape index (κ3) is 8.22. The van der Waals surface area contributed by atoms with Crippen molar-refractivity contribution < 1.29 is 23.0 Å². The van der Waals surface area contributed by atoms with E-state index in [4.69, 9.17) is 10.5 Å². The first-order valence-corrected chi connectivity index (χ1v) is 4.43. The Labute approximate surface area is 86.9 Å². The molecule has 1 amide bonds. The Morgan fingerprint density at radius 3 is 2.67 bits per heavy atom. The molecule has 0 heterocycles. The van der Waals surface area contributed by atoms with E-state index < -0.39 is 24.9 Å². The molecule has 7 heteroatoms. The van der Waals surface area contributed by atoms with Crippen LogP contribution in [0.1, 0.15) is 0 Å². The number of hydrogen-bond donors (Lipinski definition) is 2. The molecule has 0 unspecified atom stereocenters. The maximum atomic E-state index is 12.6. The van der Waals surface area contributed by atoms with Gasteiger partial charge in [0.05, 0.1) is 26.3 Å². The van der Waals surface area contributed by atoms with Crippen molar-refractivity contribution in [2.45, 2.75) is 5.92 Å². The maximum Gasteiger partial charge on any atom is 0.277 e. The summed E-state index contributed by atoms with van der Waals surface area (Å²) in [5, 5.41) is 2.02. The lowest BCUT2D eigenvalue weighted by atomic mass is 10.3. The molecule has 0 saturated carbocycles. The molecule has 90 valence electrons. The minimum absolute atomic E-state index is 0.247. The number of methoxy groups -OCH3 is 1. The number of nitrogens with two attached hydrogens (primary N) is 1. The number of amides is 1. The average molecular weight is 226 g/mol. The van der Waals surface area contributed by atoms with Crippen LogP contribution in [0, 0.1) is 0 Å². The van der Waals surface area contributed by atoms with Crippen LogP contribution in [0.15, 0.2) is 0 Å². The molecule has 0 bridgehead atoms. The Hall–Kier alpha value is -0.790. The first-order chi connectivity index (χ1) is 7.02. The van der Waals surface area contributed by atoms with Gasteiger partial charge in [-0.15, -0.1) is 0 Å². The molecule has 0 rings (SSSR count). The Morgan fingerprint density at radius 1 is 1.47 bits per heavy atom. The van der Waals surface area contributed by atoms with Gasteiger partial charge in [-0.3, -0.25) is 4.79 Å². The molecule has 0 atom stereocenters. The van der Waals surface area contributed by atoms with E-state index in [1.807, 2.05) is 5.32 Å². The molecule has 0 aliphatic rings. The zero-order valence-electron chi connectivity index (χ0n) is 8.59. The number of carbonyl (C=O) groups excluding carboxylic acids is 1. The molecule has 0 aromatic rings. The SMILES string of the molecule is COCCOCC(=O)NCC(F)(F)CN. The molecule has 0 saturated heterocycles. The number of hydrogen-bond acceptors (Lipinski definition) is 4. The minimum atomic E-state index is -3.07. The third-order valence-electron chi connectivity index (χ3n) is 1.51. The van der Waals surface area contributed by atoms with Crippen LogP contribution in [-0.2, 0) is 14.3 Å². The summed E-state index contributed by atoms with van der Waals surface area (Å²) in [7, 11) is 1.49. The molecule has 0 aromatic carbocycles. The molecule has 0 aliphatic carbocycles. The lowest BCUT2D eigenvalue weighted by molar-refractivity contribution is -0.127. The highest BCUT2D eigenvalue weighted by atomic mass is 19.3. The van der Waals surface area contributed by atoms with Gasteiger partial charge in [-0.05, 0) is 0 Å². The van der Waals surface area contributed by atoms with Gasteiger partial charge in [0, 0.05) is 7.11 Å². The van der Waals surface area contributed by atoms with Crippen LogP contribution in [0.5, 0.6) is 0 Å². The van der Waals surface area contributed by atoms with E-state index in [2.05, 4.69) is 4.74 Å². The summed E-state index contributed by atoms with van der Waals surface area (Å²) in [4.78, 5) is 10.9. The van der Waals surface area contributed by atoms with E-state index in [0.717, 1.165) is 0 Å². The van der Waals surface area contributed by atoms with Crippen molar-refractivity contribution >= 4 is 5.91 Å². The van der Waals surface area contributed by atoms with E-state index in [-0.39, 0.29) is 13.2 Å². The molecule has 0 spiro atoms. The molecule has 0 fully saturated rings. The molecule has 0 aliphatic heterocycles. The van der Waals surface area contributed by atoms with Gasteiger partial charge in [0.15, 0.2) is 0 Å². The monoisotopic (exact) mass is 226 g/mol. The van der Waals surface area contributed by atoms with E-state index in [1.54, 1.807) is 0 Å². The third-order valence-corrected chi connectivity index (χ3v) is 1.51. The van der Waals surface area contributed by atoms with Crippen LogP contribution < -0.4 is 11.1 Å². The molecule has 15 heavy (non-hydrogen) atoms. The lowest BCUT2D eigenvalue weighted by Crippen LogP contribution is -2.42. The van der Waals surface area contributed by atoms with E-state index >= 15 is 0 Å². The van der Waals surface area contributed by atoms with Crippen LogP contribution >= 0.6 is 0 Å². The number of alkyl halides is 2. The second-order valence-corrected chi connectivity index (χ2v) is 2.88. The first-order valence-electron chi connectivity index (χ1n) is 4.43. The second kappa shape index (κ2) is 7.49. The molecule has 0 aromatic heterocycles. The van der Waals surface area contributed by atoms with Gasteiger partial charge in [0.2, 0.25) is 5.91 Å². The van der Waals surface area contributed by atoms with Crippen LogP contribution in [0.2, 0.25) is 0 Å². The van der Waals surface area contributed by atoms with Crippen molar-refractivity contribution in [1.29, 1.82) is 0 Å². The van der Waals surface area contributed by atoms with E-state index in [1.165, 1.54) is 7.11 Å².